The molecule has 1 fully saturated rings. The minimum Gasteiger partial charge on any atom is -0.368 e. The molecule has 1 saturated carbocycles. The fraction of sp³-hybridized carbons (Fsp3) is 0.304. The van der Waals surface area contributed by atoms with Gasteiger partial charge in [0.25, 0.3) is 5.56 Å². The number of hydrogen-bond acceptors (Lipinski definition) is 6. The number of nitrogen functional groups attached to an aromatic ring is 1. The van der Waals surface area contributed by atoms with Crippen molar-refractivity contribution in [2.75, 3.05) is 11.1 Å². The molecular weight excluding hydrogens is 390 g/mol. The molecule has 0 unspecified atom stereocenters. The molecule has 0 amide bonds. The van der Waals surface area contributed by atoms with Gasteiger partial charge < -0.3 is 15.6 Å². The molecule has 3 heterocycles. The first-order chi connectivity index (χ1) is 14.9. The molecule has 5 rings (SSSR count). The molecule has 1 aliphatic rings. The number of anilines is 2. The summed E-state index contributed by atoms with van der Waals surface area (Å²) in [6.45, 7) is 3.98. The van der Waals surface area contributed by atoms with Crippen LogP contribution in [0.5, 0.6) is 0 Å². The highest BCUT2D eigenvalue weighted by molar-refractivity contribution is 5.96. The van der Waals surface area contributed by atoms with Crippen LogP contribution in [-0.2, 0) is 7.05 Å². The SMILES string of the molecule is Cc1cnc(N)nc1N[C@@H](C)c1cc2cccc(-c3cnn(C)c3)c2c(=O)n1C1CC1. The predicted octanol–water partition coefficient (Wildman–Crippen LogP) is 3.59. The summed E-state index contributed by atoms with van der Waals surface area (Å²) in [5.41, 5.74) is 9.53. The highest BCUT2D eigenvalue weighted by Crippen LogP contribution is 2.38. The van der Waals surface area contributed by atoms with E-state index in [2.05, 4.69) is 26.4 Å². The monoisotopic (exact) mass is 415 g/mol. The summed E-state index contributed by atoms with van der Waals surface area (Å²) in [5.74, 6) is 0.901. The van der Waals surface area contributed by atoms with E-state index in [4.69, 9.17) is 5.73 Å². The number of pyridine rings is 1. The number of nitrogens with two attached hydrogens (primary N) is 1. The van der Waals surface area contributed by atoms with Crippen molar-refractivity contribution in [2.45, 2.75) is 38.8 Å². The van der Waals surface area contributed by atoms with Gasteiger partial charge in [0.05, 0.1) is 17.6 Å². The van der Waals surface area contributed by atoms with Gasteiger partial charge in [-0.05, 0) is 43.7 Å². The average Bonchev–Trinajstić information content (AvgIpc) is 3.49. The number of benzene rings is 1. The van der Waals surface area contributed by atoms with E-state index < -0.39 is 0 Å². The van der Waals surface area contributed by atoms with Crippen LogP contribution < -0.4 is 16.6 Å². The Kier molecular flexibility index (Phi) is 4.50. The first-order valence-corrected chi connectivity index (χ1v) is 10.4. The van der Waals surface area contributed by atoms with Crippen LogP contribution >= 0.6 is 0 Å². The number of rotatable bonds is 5. The van der Waals surface area contributed by atoms with Crippen LogP contribution in [0.25, 0.3) is 21.9 Å². The highest BCUT2D eigenvalue weighted by atomic mass is 16.1. The third-order valence-corrected chi connectivity index (χ3v) is 5.83. The Bertz CT molecular complexity index is 1350. The van der Waals surface area contributed by atoms with Gasteiger partial charge in [0, 0.05) is 42.3 Å². The van der Waals surface area contributed by atoms with E-state index in [1.54, 1.807) is 17.1 Å². The summed E-state index contributed by atoms with van der Waals surface area (Å²) in [6.07, 6.45) is 7.47. The van der Waals surface area contributed by atoms with Crippen LogP contribution in [0, 0.1) is 6.92 Å². The fourth-order valence-corrected chi connectivity index (χ4v) is 4.12. The predicted molar refractivity (Wildman–Crippen MR) is 122 cm³/mol. The van der Waals surface area contributed by atoms with Gasteiger partial charge in [0.2, 0.25) is 5.95 Å². The second-order valence-corrected chi connectivity index (χ2v) is 8.27. The lowest BCUT2D eigenvalue weighted by Crippen LogP contribution is -2.26. The Balaban J connectivity index is 1.66. The molecule has 3 aromatic heterocycles. The molecule has 0 spiro atoms. The summed E-state index contributed by atoms with van der Waals surface area (Å²) < 4.78 is 3.71. The molecule has 8 heteroatoms. The van der Waals surface area contributed by atoms with Gasteiger partial charge in [-0.2, -0.15) is 10.1 Å². The largest absolute Gasteiger partial charge is 0.368 e. The van der Waals surface area contributed by atoms with Crippen LogP contribution in [0.1, 0.15) is 43.1 Å². The van der Waals surface area contributed by atoms with Crippen LogP contribution in [0.2, 0.25) is 0 Å². The second-order valence-electron chi connectivity index (χ2n) is 8.27. The van der Waals surface area contributed by atoms with Crippen LogP contribution in [0.3, 0.4) is 0 Å². The van der Waals surface area contributed by atoms with Crippen LogP contribution in [0.15, 0.2) is 47.7 Å². The van der Waals surface area contributed by atoms with Gasteiger partial charge in [0.1, 0.15) is 5.82 Å². The summed E-state index contributed by atoms with van der Waals surface area (Å²) in [4.78, 5) is 22.1. The van der Waals surface area contributed by atoms with E-state index in [0.29, 0.717) is 5.82 Å². The normalized spacial score (nSPS) is 14.7. The van der Waals surface area contributed by atoms with Crippen LogP contribution in [-0.4, -0.2) is 24.3 Å². The lowest BCUT2D eigenvalue weighted by atomic mass is 10.00. The Hall–Kier alpha value is -3.68. The van der Waals surface area contributed by atoms with Crippen molar-refractivity contribution < 1.29 is 0 Å². The van der Waals surface area contributed by atoms with E-state index in [0.717, 1.165) is 46.0 Å². The second kappa shape index (κ2) is 7.23. The summed E-state index contributed by atoms with van der Waals surface area (Å²) >= 11 is 0. The Labute approximate surface area is 179 Å². The lowest BCUT2D eigenvalue weighted by molar-refractivity contribution is 0.636. The Morgan fingerprint density at radius 2 is 2.06 bits per heavy atom. The van der Waals surface area contributed by atoms with Crippen molar-refractivity contribution in [3.63, 3.8) is 0 Å². The third-order valence-electron chi connectivity index (χ3n) is 5.83. The zero-order valence-electron chi connectivity index (χ0n) is 17.8. The highest BCUT2D eigenvalue weighted by Gasteiger charge is 2.30. The first kappa shape index (κ1) is 19.3. The quantitative estimate of drug-likeness (QED) is 0.516. The van der Waals surface area contributed by atoms with E-state index in [9.17, 15) is 4.79 Å². The zero-order chi connectivity index (χ0) is 21.7. The number of nitrogens with one attached hydrogen (secondary N) is 1. The lowest BCUT2D eigenvalue weighted by Gasteiger charge is -2.22. The average molecular weight is 416 g/mol. The van der Waals surface area contributed by atoms with E-state index in [1.165, 1.54) is 0 Å². The van der Waals surface area contributed by atoms with Gasteiger partial charge in [0.15, 0.2) is 0 Å². The van der Waals surface area contributed by atoms with Crippen molar-refractivity contribution >= 4 is 22.5 Å². The molecule has 0 radical (unpaired) electrons. The van der Waals surface area contributed by atoms with Crippen molar-refractivity contribution in [2.24, 2.45) is 7.05 Å². The van der Waals surface area contributed by atoms with Gasteiger partial charge in [-0.1, -0.05) is 18.2 Å². The zero-order valence-corrected chi connectivity index (χ0v) is 17.8. The van der Waals surface area contributed by atoms with Crippen molar-refractivity contribution in [3.8, 4) is 11.1 Å². The smallest absolute Gasteiger partial charge is 0.259 e. The van der Waals surface area contributed by atoms with Gasteiger partial charge in [-0.25, -0.2) is 4.98 Å². The molecule has 0 aliphatic heterocycles. The fourth-order valence-electron chi connectivity index (χ4n) is 4.12. The molecule has 1 aliphatic carbocycles. The number of fused-ring (bicyclic) bond motifs is 1. The maximum Gasteiger partial charge on any atom is 0.259 e. The molecule has 0 bridgehead atoms. The summed E-state index contributed by atoms with van der Waals surface area (Å²) in [6, 6.07) is 8.20. The topological polar surface area (TPSA) is 104 Å². The van der Waals surface area contributed by atoms with Gasteiger partial charge in [-0.15, -0.1) is 0 Å². The molecule has 1 aromatic carbocycles. The maximum absolute atomic E-state index is 13.8. The van der Waals surface area contributed by atoms with E-state index >= 15 is 0 Å². The third kappa shape index (κ3) is 3.43. The van der Waals surface area contributed by atoms with Crippen molar-refractivity contribution in [1.82, 2.24) is 24.3 Å². The number of aryl methyl sites for hydroxylation is 2. The maximum atomic E-state index is 13.8. The summed E-state index contributed by atoms with van der Waals surface area (Å²) in [5, 5.41) is 9.37. The molecule has 0 saturated heterocycles. The molecule has 8 nitrogen and oxygen atoms in total. The molecule has 31 heavy (non-hydrogen) atoms. The van der Waals surface area contributed by atoms with Crippen molar-refractivity contribution in [1.29, 1.82) is 0 Å². The molecule has 158 valence electrons. The molecular formula is C23H25N7O. The minimum atomic E-state index is -0.132. The number of aromatic nitrogens is 5. The number of nitrogens with zero attached hydrogens (tertiary/aromatic N) is 5. The van der Waals surface area contributed by atoms with E-state index in [-0.39, 0.29) is 23.6 Å². The van der Waals surface area contributed by atoms with Gasteiger partial charge in [-0.3, -0.25) is 9.48 Å². The van der Waals surface area contributed by atoms with Gasteiger partial charge >= 0.3 is 0 Å². The minimum absolute atomic E-state index is 0.0435. The Morgan fingerprint density at radius 3 is 2.77 bits per heavy atom. The van der Waals surface area contributed by atoms with Crippen molar-refractivity contribution in [3.05, 3.63) is 64.5 Å². The summed E-state index contributed by atoms with van der Waals surface area (Å²) in [7, 11) is 1.88. The Morgan fingerprint density at radius 1 is 1.26 bits per heavy atom. The van der Waals surface area contributed by atoms with Crippen LogP contribution in [0.4, 0.5) is 11.8 Å². The molecule has 4 aromatic rings. The molecule has 1 atom stereocenters. The molecule has 3 N–H and O–H groups in total. The first-order valence-electron chi connectivity index (χ1n) is 10.4. The van der Waals surface area contributed by atoms with E-state index in [1.807, 2.05) is 49.9 Å². The number of hydrogen-bond donors (Lipinski definition) is 2. The standard InChI is InChI=1S/C23H25N7O/c1-13-10-25-23(24)28-21(13)27-14(2)19-9-15-5-4-6-18(16-11-26-29(3)12-16)20(15)22(31)30(19)17-7-8-17/h4-6,9-12,14,17H,7-8H2,1-3H3,(H3,24,25,27,28)/t14-/m0/s1.